The first kappa shape index (κ1) is 25.9. The molecule has 39 heavy (non-hydrogen) atoms. The van der Waals surface area contributed by atoms with Crippen molar-refractivity contribution >= 4 is 23.5 Å². The van der Waals surface area contributed by atoms with E-state index in [9.17, 15) is 34.7 Å². The van der Waals surface area contributed by atoms with E-state index in [1.807, 2.05) is 0 Å². The number of fused-ring (bicyclic) bond motifs is 1. The number of imide groups is 1. The molecule has 5 rings (SSSR count). The molecule has 0 saturated carbocycles. The molecule has 2 fully saturated rings. The van der Waals surface area contributed by atoms with Gasteiger partial charge < -0.3 is 14.9 Å². The summed E-state index contributed by atoms with van der Waals surface area (Å²) in [4.78, 5) is 52.3. The Kier molecular flexibility index (Phi) is 6.52. The number of hydrogen-bond donors (Lipinski definition) is 3. The van der Waals surface area contributed by atoms with Gasteiger partial charge in [0.15, 0.2) is 11.5 Å². The lowest BCUT2D eigenvalue weighted by atomic mass is 9.76. The number of nitro groups is 1. The number of aliphatic carboxylic acids is 1. The van der Waals surface area contributed by atoms with E-state index in [-0.39, 0.29) is 35.7 Å². The largest absolute Gasteiger partial charge is 0.504 e. The Bertz CT molecular complexity index is 1460. The van der Waals surface area contributed by atoms with Gasteiger partial charge in [-0.1, -0.05) is 54.6 Å². The van der Waals surface area contributed by atoms with Gasteiger partial charge in [-0.25, -0.2) is 0 Å². The molecule has 0 aliphatic carbocycles. The van der Waals surface area contributed by atoms with E-state index in [0.717, 1.165) is 4.90 Å². The number of hydrogen-bond acceptors (Lipinski definition) is 8. The summed E-state index contributed by atoms with van der Waals surface area (Å²) in [7, 11) is 1.37. The number of nitrogens with zero attached hydrogens (tertiary/aromatic N) is 2. The standard InChI is InChI=1S/C28H25N3O8/c1-39-20-9-5-8-19(24(20)32)23-21-22(26(34)30(25(21)33)15-17-6-3-2-4-7-17)28(29-23,27(35)36)14-16-10-12-18(13-11-16)31(37)38/h2-13,21-23,29,32H,14-15H2,1H3,(H,35,36). The van der Waals surface area contributed by atoms with Crippen LogP contribution in [0.15, 0.2) is 72.8 Å². The van der Waals surface area contributed by atoms with Crippen LogP contribution in [0.25, 0.3) is 0 Å². The summed E-state index contributed by atoms with van der Waals surface area (Å²) < 4.78 is 5.22. The number of carbonyl (C=O) groups is 3. The molecule has 3 aromatic rings. The Hall–Kier alpha value is -4.77. The van der Waals surface area contributed by atoms with Gasteiger partial charge in [-0.15, -0.1) is 0 Å². The first-order chi connectivity index (χ1) is 18.7. The molecule has 2 heterocycles. The molecule has 0 spiro atoms. The van der Waals surface area contributed by atoms with Gasteiger partial charge in [0.05, 0.1) is 30.4 Å². The maximum atomic E-state index is 13.9. The van der Waals surface area contributed by atoms with Crippen molar-refractivity contribution in [2.75, 3.05) is 7.11 Å². The Morgan fingerprint density at radius 3 is 2.33 bits per heavy atom. The SMILES string of the molecule is COc1cccc(C2NC(Cc3ccc([N+](=O)[O-])cc3)(C(=O)O)C3C(=O)N(Cc4ccccc4)C(=O)C23)c1O. The van der Waals surface area contributed by atoms with Crippen LogP contribution >= 0.6 is 0 Å². The van der Waals surface area contributed by atoms with Crippen LogP contribution in [-0.2, 0) is 27.3 Å². The number of benzene rings is 3. The van der Waals surface area contributed by atoms with Crippen molar-refractivity contribution in [2.45, 2.75) is 24.5 Å². The van der Waals surface area contributed by atoms with Crippen LogP contribution in [0, 0.1) is 22.0 Å². The minimum Gasteiger partial charge on any atom is -0.504 e. The molecule has 2 aliphatic rings. The summed E-state index contributed by atoms with van der Waals surface area (Å²) in [5, 5.41) is 35.6. The fourth-order valence-electron chi connectivity index (χ4n) is 5.70. The van der Waals surface area contributed by atoms with E-state index in [2.05, 4.69) is 5.32 Å². The van der Waals surface area contributed by atoms with Crippen LogP contribution in [0.2, 0.25) is 0 Å². The molecule has 0 radical (unpaired) electrons. The number of nitrogens with one attached hydrogen (secondary N) is 1. The van der Waals surface area contributed by atoms with E-state index in [0.29, 0.717) is 11.1 Å². The summed E-state index contributed by atoms with van der Waals surface area (Å²) in [6.45, 7) is -0.0322. The molecule has 0 bridgehead atoms. The van der Waals surface area contributed by atoms with Crippen LogP contribution in [0.1, 0.15) is 22.7 Å². The van der Waals surface area contributed by atoms with Crippen LogP contribution in [0.5, 0.6) is 11.5 Å². The zero-order valence-electron chi connectivity index (χ0n) is 20.8. The lowest BCUT2D eigenvalue weighted by Gasteiger charge is -2.31. The number of carboxylic acids is 1. The molecule has 11 heteroatoms. The monoisotopic (exact) mass is 531 g/mol. The third-order valence-electron chi connectivity index (χ3n) is 7.53. The fraction of sp³-hybridized carbons (Fsp3) is 0.250. The number of nitro benzene ring substituents is 1. The van der Waals surface area contributed by atoms with Crippen LogP contribution in [0.4, 0.5) is 5.69 Å². The number of phenolic OH excluding ortho intramolecular Hbond substituents is 1. The Morgan fingerprint density at radius 2 is 1.72 bits per heavy atom. The zero-order valence-corrected chi connectivity index (χ0v) is 20.8. The lowest BCUT2D eigenvalue weighted by molar-refractivity contribution is -0.384. The van der Waals surface area contributed by atoms with E-state index < -0.39 is 46.1 Å². The zero-order chi connectivity index (χ0) is 27.9. The van der Waals surface area contributed by atoms with Crippen LogP contribution in [-0.4, -0.2) is 50.5 Å². The van der Waals surface area contributed by atoms with Gasteiger partial charge in [-0.05, 0) is 17.2 Å². The highest BCUT2D eigenvalue weighted by molar-refractivity contribution is 6.09. The Morgan fingerprint density at radius 1 is 1.03 bits per heavy atom. The summed E-state index contributed by atoms with van der Waals surface area (Å²) >= 11 is 0. The number of phenols is 1. The van der Waals surface area contributed by atoms with Gasteiger partial charge in [0.2, 0.25) is 11.8 Å². The van der Waals surface area contributed by atoms with Crippen molar-refractivity contribution in [1.29, 1.82) is 0 Å². The molecule has 2 saturated heterocycles. The van der Waals surface area contributed by atoms with Crippen molar-refractivity contribution < 1.29 is 34.3 Å². The van der Waals surface area contributed by atoms with Crippen molar-refractivity contribution in [1.82, 2.24) is 10.2 Å². The van der Waals surface area contributed by atoms with Gasteiger partial charge in [0, 0.05) is 30.2 Å². The smallest absolute Gasteiger partial charge is 0.325 e. The van der Waals surface area contributed by atoms with Crippen LogP contribution < -0.4 is 10.1 Å². The number of para-hydroxylation sites is 1. The maximum Gasteiger partial charge on any atom is 0.325 e. The van der Waals surface area contributed by atoms with Gasteiger partial charge in [0.1, 0.15) is 5.54 Å². The Labute approximate surface area is 222 Å². The fourth-order valence-corrected chi connectivity index (χ4v) is 5.70. The molecule has 2 aliphatic heterocycles. The average Bonchev–Trinajstić information content (AvgIpc) is 3.39. The van der Waals surface area contributed by atoms with E-state index in [4.69, 9.17) is 4.74 Å². The van der Waals surface area contributed by atoms with Crippen molar-refractivity contribution in [2.24, 2.45) is 11.8 Å². The minimum absolute atomic E-state index is 0.0322. The number of carboxylic acid groups (broad SMARTS) is 1. The molecular formula is C28H25N3O8. The van der Waals surface area contributed by atoms with Gasteiger partial charge >= 0.3 is 5.97 Å². The second-order valence-electron chi connectivity index (χ2n) is 9.65. The molecule has 2 amide bonds. The molecular weight excluding hydrogens is 506 g/mol. The summed E-state index contributed by atoms with van der Waals surface area (Å²) in [6, 6.07) is 17.9. The van der Waals surface area contributed by atoms with Gasteiger partial charge in [-0.3, -0.25) is 34.7 Å². The second-order valence-corrected chi connectivity index (χ2v) is 9.65. The highest BCUT2D eigenvalue weighted by Gasteiger charge is 2.68. The van der Waals surface area contributed by atoms with Crippen molar-refractivity contribution in [3.8, 4) is 11.5 Å². The van der Waals surface area contributed by atoms with Crippen molar-refractivity contribution in [3.63, 3.8) is 0 Å². The number of ether oxygens (including phenoxy) is 1. The quantitative estimate of drug-likeness (QED) is 0.226. The van der Waals surface area contributed by atoms with Gasteiger partial charge in [0.25, 0.3) is 5.69 Å². The topological polar surface area (TPSA) is 159 Å². The lowest BCUT2D eigenvalue weighted by Crippen LogP contribution is -2.57. The number of aromatic hydroxyl groups is 1. The summed E-state index contributed by atoms with van der Waals surface area (Å²) in [6.07, 6.45) is -0.235. The van der Waals surface area contributed by atoms with E-state index >= 15 is 0 Å². The second kappa shape index (κ2) is 9.84. The first-order valence-corrected chi connectivity index (χ1v) is 12.2. The predicted molar refractivity (Wildman–Crippen MR) is 137 cm³/mol. The molecule has 4 atom stereocenters. The van der Waals surface area contributed by atoms with E-state index in [1.54, 1.807) is 42.5 Å². The van der Waals surface area contributed by atoms with Crippen LogP contribution in [0.3, 0.4) is 0 Å². The molecule has 3 aromatic carbocycles. The molecule has 200 valence electrons. The number of carbonyl (C=O) groups excluding carboxylic acids is 2. The number of non-ortho nitro benzene ring substituents is 1. The number of likely N-dealkylation sites (tertiary alicyclic amines) is 1. The maximum absolute atomic E-state index is 13.9. The molecule has 11 nitrogen and oxygen atoms in total. The normalized spacial score (nSPS) is 24.0. The molecule has 4 unspecified atom stereocenters. The number of rotatable bonds is 8. The number of methoxy groups -OCH3 is 1. The minimum atomic E-state index is -1.95. The molecule has 0 aromatic heterocycles. The van der Waals surface area contributed by atoms with E-state index in [1.165, 1.54) is 37.4 Å². The predicted octanol–water partition coefficient (Wildman–Crippen LogP) is 2.82. The molecule has 3 N–H and O–H groups in total. The Balaban J connectivity index is 1.62. The highest BCUT2D eigenvalue weighted by Crippen LogP contribution is 2.52. The average molecular weight is 532 g/mol. The first-order valence-electron chi connectivity index (χ1n) is 12.2. The number of amides is 2. The van der Waals surface area contributed by atoms with Crippen molar-refractivity contribution in [3.05, 3.63) is 99.6 Å². The summed E-state index contributed by atoms with van der Waals surface area (Å²) in [5.41, 5.74) is -0.769. The third-order valence-corrected chi connectivity index (χ3v) is 7.53. The third kappa shape index (κ3) is 4.26. The summed E-state index contributed by atoms with van der Waals surface area (Å²) in [5.74, 6) is -5.13. The highest BCUT2D eigenvalue weighted by atomic mass is 16.6. The van der Waals surface area contributed by atoms with Gasteiger partial charge in [-0.2, -0.15) is 0 Å².